The second-order valence-electron chi connectivity index (χ2n) is 7.43. The standard InChI is InChI=1S/C26H19ClN4O3S2/c1-2-33-26(32)23-20(34-24(30)17(13-29)22(23)16-6-3-4-7-18(16)27)14-36-25-15(12-28)9-10-19(31-25)21-8-5-11-35-21/h3-11,22H,2,14,30H2,1H3/t22-/m1/s1. The van der Waals surface area contributed by atoms with Gasteiger partial charge in [-0.25, -0.2) is 9.78 Å². The molecule has 3 heterocycles. The van der Waals surface area contributed by atoms with Gasteiger partial charge in [-0.05, 0) is 42.1 Å². The van der Waals surface area contributed by atoms with Gasteiger partial charge in [-0.3, -0.25) is 0 Å². The lowest BCUT2D eigenvalue weighted by molar-refractivity contribution is -0.139. The van der Waals surface area contributed by atoms with Crippen LogP contribution < -0.4 is 5.73 Å². The summed E-state index contributed by atoms with van der Waals surface area (Å²) in [6.45, 7) is 1.82. The maximum Gasteiger partial charge on any atom is 0.338 e. The molecule has 0 unspecified atom stereocenters. The van der Waals surface area contributed by atoms with Crippen LogP contribution in [0.2, 0.25) is 5.02 Å². The second-order valence-corrected chi connectivity index (χ2v) is 9.75. The summed E-state index contributed by atoms with van der Waals surface area (Å²) in [5, 5.41) is 22.3. The first kappa shape index (κ1) is 25.3. The molecule has 3 aromatic rings. The lowest BCUT2D eigenvalue weighted by Crippen LogP contribution is -2.27. The number of rotatable bonds is 7. The number of thiophene rings is 1. The zero-order chi connectivity index (χ0) is 25.7. The number of hydrogen-bond donors (Lipinski definition) is 1. The highest BCUT2D eigenvalue weighted by Gasteiger charge is 2.38. The number of pyridine rings is 1. The van der Waals surface area contributed by atoms with Crippen molar-refractivity contribution < 1.29 is 14.3 Å². The van der Waals surface area contributed by atoms with E-state index in [1.54, 1.807) is 54.7 Å². The molecule has 10 heteroatoms. The Kier molecular flexibility index (Phi) is 7.97. The third-order valence-electron chi connectivity index (χ3n) is 5.30. The number of nitrogens with zero attached hydrogens (tertiary/aromatic N) is 3. The Morgan fingerprint density at radius 3 is 2.69 bits per heavy atom. The summed E-state index contributed by atoms with van der Waals surface area (Å²) in [6, 6.07) is 18.5. The van der Waals surface area contributed by atoms with E-state index in [2.05, 4.69) is 17.1 Å². The van der Waals surface area contributed by atoms with Crippen molar-refractivity contribution in [1.82, 2.24) is 4.98 Å². The number of esters is 1. The van der Waals surface area contributed by atoms with Crippen molar-refractivity contribution in [3.63, 3.8) is 0 Å². The quantitative estimate of drug-likeness (QED) is 0.300. The van der Waals surface area contributed by atoms with Gasteiger partial charge >= 0.3 is 5.97 Å². The minimum atomic E-state index is -0.868. The number of aromatic nitrogens is 1. The van der Waals surface area contributed by atoms with Crippen molar-refractivity contribution >= 4 is 40.7 Å². The molecular weight excluding hydrogens is 516 g/mol. The van der Waals surface area contributed by atoms with E-state index < -0.39 is 11.9 Å². The van der Waals surface area contributed by atoms with Crippen molar-refractivity contribution in [2.24, 2.45) is 5.73 Å². The van der Waals surface area contributed by atoms with Crippen LogP contribution in [-0.2, 0) is 14.3 Å². The number of nitriles is 2. The summed E-state index contributed by atoms with van der Waals surface area (Å²) < 4.78 is 11.1. The first-order chi connectivity index (χ1) is 17.5. The molecule has 1 aliphatic rings. The predicted molar refractivity (Wildman–Crippen MR) is 139 cm³/mol. The topological polar surface area (TPSA) is 122 Å². The molecule has 0 saturated carbocycles. The zero-order valence-electron chi connectivity index (χ0n) is 19.0. The lowest BCUT2D eigenvalue weighted by atomic mass is 9.83. The van der Waals surface area contributed by atoms with E-state index >= 15 is 0 Å². The molecule has 0 spiro atoms. The van der Waals surface area contributed by atoms with Gasteiger partial charge in [0, 0.05) is 5.02 Å². The van der Waals surface area contributed by atoms with Gasteiger partial charge in [-0.15, -0.1) is 11.3 Å². The van der Waals surface area contributed by atoms with Crippen LogP contribution in [0.3, 0.4) is 0 Å². The van der Waals surface area contributed by atoms with E-state index in [0.29, 0.717) is 21.2 Å². The number of carbonyl (C=O) groups excluding carboxylic acids is 1. The van der Waals surface area contributed by atoms with Gasteiger partial charge in [0.2, 0.25) is 5.88 Å². The van der Waals surface area contributed by atoms with Crippen molar-refractivity contribution in [2.45, 2.75) is 17.9 Å². The number of carbonyl (C=O) groups is 1. The number of ether oxygens (including phenoxy) is 2. The molecule has 1 aliphatic heterocycles. The molecule has 180 valence electrons. The SMILES string of the molecule is CCOC(=O)C1=C(CSc2nc(-c3cccs3)ccc2C#N)OC(N)=C(C#N)[C@H]1c1ccccc1Cl. The Morgan fingerprint density at radius 2 is 2.03 bits per heavy atom. The van der Waals surface area contributed by atoms with E-state index in [4.69, 9.17) is 26.8 Å². The van der Waals surface area contributed by atoms with Crippen molar-refractivity contribution in [3.8, 4) is 22.7 Å². The van der Waals surface area contributed by atoms with Crippen molar-refractivity contribution in [1.29, 1.82) is 10.5 Å². The van der Waals surface area contributed by atoms with Crippen LogP contribution in [-0.4, -0.2) is 23.3 Å². The van der Waals surface area contributed by atoms with E-state index in [0.717, 1.165) is 10.6 Å². The van der Waals surface area contributed by atoms with Crippen LogP contribution in [0.15, 0.2) is 81.7 Å². The molecule has 2 N–H and O–H groups in total. The minimum absolute atomic E-state index is 0.0652. The molecule has 1 atom stereocenters. The normalized spacial score (nSPS) is 15.2. The third kappa shape index (κ3) is 5.09. The summed E-state index contributed by atoms with van der Waals surface area (Å²) in [7, 11) is 0. The highest BCUT2D eigenvalue weighted by atomic mass is 35.5. The summed E-state index contributed by atoms with van der Waals surface area (Å²) in [5.74, 6) is -1.30. The van der Waals surface area contributed by atoms with E-state index in [-0.39, 0.29) is 35.1 Å². The molecule has 4 rings (SSSR count). The van der Waals surface area contributed by atoms with E-state index in [1.165, 1.54) is 11.8 Å². The van der Waals surface area contributed by atoms with Gasteiger partial charge in [0.05, 0.1) is 40.0 Å². The summed E-state index contributed by atoms with van der Waals surface area (Å²) in [6.07, 6.45) is 0. The number of hydrogen-bond acceptors (Lipinski definition) is 9. The largest absolute Gasteiger partial charge is 0.463 e. The molecule has 1 aromatic carbocycles. The van der Waals surface area contributed by atoms with Crippen LogP contribution >= 0.6 is 34.7 Å². The predicted octanol–water partition coefficient (Wildman–Crippen LogP) is 5.75. The maximum absolute atomic E-state index is 13.2. The Balaban J connectivity index is 1.78. The van der Waals surface area contributed by atoms with Crippen molar-refractivity contribution in [2.75, 3.05) is 12.4 Å². The molecule has 0 saturated heterocycles. The first-order valence-corrected chi connectivity index (χ1v) is 13.0. The van der Waals surface area contributed by atoms with Crippen LogP contribution in [0, 0.1) is 22.7 Å². The molecule has 2 aromatic heterocycles. The molecule has 0 amide bonds. The van der Waals surface area contributed by atoms with Gasteiger partial charge in [-0.2, -0.15) is 10.5 Å². The molecule has 0 radical (unpaired) electrons. The van der Waals surface area contributed by atoms with Crippen LogP contribution in [0.4, 0.5) is 0 Å². The first-order valence-electron chi connectivity index (χ1n) is 10.8. The van der Waals surface area contributed by atoms with Gasteiger partial charge in [-0.1, -0.05) is 47.6 Å². The molecular formula is C26H19ClN4O3S2. The second kappa shape index (κ2) is 11.3. The average molecular weight is 535 g/mol. The fraction of sp³-hybridized carbons (Fsp3) is 0.154. The smallest absolute Gasteiger partial charge is 0.338 e. The highest BCUT2D eigenvalue weighted by Crippen LogP contribution is 2.43. The summed E-state index contributed by atoms with van der Waals surface area (Å²) in [4.78, 5) is 18.8. The monoisotopic (exact) mass is 534 g/mol. The van der Waals surface area contributed by atoms with Gasteiger partial charge in [0.25, 0.3) is 0 Å². The Morgan fingerprint density at radius 1 is 1.22 bits per heavy atom. The van der Waals surface area contributed by atoms with Crippen LogP contribution in [0.25, 0.3) is 10.6 Å². The Hall–Kier alpha value is -3.76. The van der Waals surface area contributed by atoms with Crippen LogP contribution in [0.1, 0.15) is 24.0 Å². The average Bonchev–Trinajstić information content (AvgIpc) is 3.42. The number of benzene rings is 1. The number of thioether (sulfide) groups is 1. The summed E-state index contributed by atoms with van der Waals surface area (Å²) >= 11 is 9.23. The van der Waals surface area contributed by atoms with Gasteiger partial charge in [0.15, 0.2) is 0 Å². The fourth-order valence-electron chi connectivity index (χ4n) is 3.71. The molecule has 36 heavy (non-hydrogen) atoms. The Bertz CT molecular complexity index is 1450. The van der Waals surface area contributed by atoms with E-state index in [1.807, 2.05) is 17.5 Å². The summed E-state index contributed by atoms with van der Waals surface area (Å²) in [5.41, 5.74) is 7.99. The molecule has 0 aliphatic carbocycles. The van der Waals surface area contributed by atoms with Gasteiger partial charge in [0.1, 0.15) is 28.5 Å². The number of halogens is 1. The Labute approximate surface area is 221 Å². The fourth-order valence-corrected chi connectivity index (χ4v) is 5.56. The molecule has 7 nitrogen and oxygen atoms in total. The highest BCUT2D eigenvalue weighted by molar-refractivity contribution is 7.99. The van der Waals surface area contributed by atoms with E-state index in [9.17, 15) is 15.3 Å². The van der Waals surface area contributed by atoms with Gasteiger partial charge < -0.3 is 15.2 Å². The number of nitrogens with two attached hydrogens (primary N) is 1. The maximum atomic E-state index is 13.2. The molecule has 0 fully saturated rings. The number of allylic oxidation sites excluding steroid dienone is 1. The minimum Gasteiger partial charge on any atom is -0.463 e. The zero-order valence-corrected chi connectivity index (χ0v) is 21.4. The third-order valence-corrected chi connectivity index (χ3v) is 7.53. The van der Waals surface area contributed by atoms with Crippen LogP contribution in [0.5, 0.6) is 0 Å². The van der Waals surface area contributed by atoms with Crippen molar-refractivity contribution in [3.05, 3.63) is 92.8 Å². The molecule has 0 bridgehead atoms. The lowest BCUT2D eigenvalue weighted by Gasteiger charge is -2.28.